The predicted molar refractivity (Wildman–Crippen MR) is 57.4 cm³/mol. The first-order valence-electron chi connectivity index (χ1n) is 3.54. The number of benzene rings is 1. The van der Waals surface area contributed by atoms with Gasteiger partial charge in [-0.3, -0.25) is 9.59 Å². The van der Waals surface area contributed by atoms with Crippen molar-refractivity contribution in [3.05, 3.63) is 35.9 Å². The molecule has 0 aliphatic carbocycles. The van der Waals surface area contributed by atoms with Gasteiger partial charge in [0.1, 0.15) is 3.74 Å². The molecule has 0 aliphatic heterocycles. The van der Waals surface area contributed by atoms with E-state index in [1.807, 2.05) is 0 Å². The van der Waals surface area contributed by atoms with Crippen molar-refractivity contribution in [2.24, 2.45) is 0 Å². The number of ketones is 2. The second kappa shape index (κ2) is 4.67. The standard InChI is InChI=1S/C9H6Br2O2/c10-9(11)8(13)7(12)6-4-2-1-3-5-6/h1-5,9H. The normalized spacial score (nSPS) is 10.1. The molecule has 0 fully saturated rings. The number of alkyl halides is 2. The number of hydrogen-bond donors (Lipinski definition) is 0. The van der Waals surface area contributed by atoms with Crippen molar-refractivity contribution >= 4 is 43.4 Å². The summed E-state index contributed by atoms with van der Waals surface area (Å²) in [4.78, 5) is 22.6. The number of carbonyl (C=O) groups excluding carboxylic acids is 2. The van der Waals surface area contributed by atoms with Gasteiger partial charge < -0.3 is 0 Å². The summed E-state index contributed by atoms with van der Waals surface area (Å²) in [6, 6.07) is 8.46. The topological polar surface area (TPSA) is 34.1 Å². The van der Waals surface area contributed by atoms with Gasteiger partial charge in [-0.2, -0.15) is 0 Å². The summed E-state index contributed by atoms with van der Waals surface area (Å²) in [5.74, 6) is -0.981. The van der Waals surface area contributed by atoms with Crippen LogP contribution in [0.4, 0.5) is 0 Å². The van der Waals surface area contributed by atoms with Gasteiger partial charge in [-0.1, -0.05) is 62.2 Å². The predicted octanol–water partition coefficient (Wildman–Crippen LogP) is 2.55. The minimum Gasteiger partial charge on any atom is -0.288 e. The summed E-state index contributed by atoms with van der Waals surface area (Å²) in [5.41, 5.74) is 0.413. The molecule has 0 aliphatic rings. The lowest BCUT2D eigenvalue weighted by atomic mass is 10.1. The lowest BCUT2D eigenvalue weighted by molar-refractivity contribution is -0.113. The summed E-state index contributed by atoms with van der Waals surface area (Å²) in [6.07, 6.45) is 0. The first kappa shape index (κ1) is 10.6. The Kier molecular flexibility index (Phi) is 3.81. The SMILES string of the molecule is O=C(C(=O)C(Br)Br)c1ccccc1. The van der Waals surface area contributed by atoms with Crippen LogP contribution in [0.1, 0.15) is 10.4 Å². The molecule has 0 N–H and O–H groups in total. The average Bonchev–Trinajstić information content (AvgIpc) is 2.17. The van der Waals surface area contributed by atoms with Gasteiger partial charge in [-0.05, 0) is 0 Å². The van der Waals surface area contributed by atoms with Gasteiger partial charge in [0.05, 0.1) is 0 Å². The lowest BCUT2D eigenvalue weighted by Gasteiger charge is -1.99. The van der Waals surface area contributed by atoms with Crippen LogP contribution in [-0.4, -0.2) is 15.3 Å². The second-order valence-electron chi connectivity index (χ2n) is 2.36. The van der Waals surface area contributed by atoms with E-state index < -0.39 is 15.3 Å². The molecule has 68 valence electrons. The third-order valence-corrected chi connectivity index (χ3v) is 2.29. The molecule has 0 bridgehead atoms. The molecule has 1 aromatic rings. The first-order chi connectivity index (χ1) is 6.13. The highest BCUT2D eigenvalue weighted by Gasteiger charge is 2.21. The van der Waals surface area contributed by atoms with Gasteiger partial charge in [-0.15, -0.1) is 0 Å². The Morgan fingerprint density at radius 2 is 1.62 bits per heavy atom. The van der Waals surface area contributed by atoms with Crippen LogP contribution in [0.2, 0.25) is 0 Å². The molecule has 1 rings (SSSR count). The Labute approximate surface area is 92.6 Å². The third-order valence-electron chi connectivity index (χ3n) is 1.46. The number of rotatable bonds is 3. The van der Waals surface area contributed by atoms with Gasteiger partial charge in [0.15, 0.2) is 0 Å². The van der Waals surface area contributed by atoms with E-state index >= 15 is 0 Å². The number of halogens is 2. The molecule has 0 saturated carbocycles. The maximum atomic E-state index is 11.4. The highest BCUT2D eigenvalue weighted by atomic mass is 79.9. The molecule has 0 radical (unpaired) electrons. The monoisotopic (exact) mass is 304 g/mol. The largest absolute Gasteiger partial charge is 0.288 e. The van der Waals surface area contributed by atoms with Crippen LogP contribution in [0.15, 0.2) is 30.3 Å². The summed E-state index contributed by atoms with van der Waals surface area (Å²) in [7, 11) is 0. The van der Waals surface area contributed by atoms with Gasteiger partial charge in [0.25, 0.3) is 0 Å². The first-order valence-corrected chi connectivity index (χ1v) is 5.38. The van der Waals surface area contributed by atoms with Gasteiger partial charge in [0, 0.05) is 5.56 Å². The van der Waals surface area contributed by atoms with Crippen LogP contribution in [-0.2, 0) is 4.79 Å². The van der Waals surface area contributed by atoms with Crippen molar-refractivity contribution in [1.29, 1.82) is 0 Å². The van der Waals surface area contributed by atoms with Crippen molar-refractivity contribution in [1.82, 2.24) is 0 Å². The fourth-order valence-electron chi connectivity index (χ4n) is 0.831. The van der Waals surface area contributed by atoms with E-state index in [-0.39, 0.29) is 0 Å². The third kappa shape index (κ3) is 2.74. The Morgan fingerprint density at radius 1 is 1.08 bits per heavy atom. The molecule has 0 atom stereocenters. The van der Waals surface area contributed by atoms with Crippen LogP contribution >= 0.6 is 31.9 Å². The summed E-state index contributed by atoms with van der Waals surface area (Å²) >= 11 is 5.97. The van der Waals surface area contributed by atoms with E-state index in [1.54, 1.807) is 30.3 Å². The fourth-order valence-corrected chi connectivity index (χ4v) is 1.25. The maximum Gasteiger partial charge on any atom is 0.230 e. The molecule has 0 saturated heterocycles. The van der Waals surface area contributed by atoms with E-state index in [4.69, 9.17) is 0 Å². The Morgan fingerprint density at radius 3 is 2.08 bits per heavy atom. The van der Waals surface area contributed by atoms with E-state index in [2.05, 4.69) is 31.9 Å². The van der Waals surface area contributed by atoms with Crippen LogP contribution in [0.3, 0.4) is 0 Å². The summed E-state index contributed by atoms with van der Waals surface area (Å²) in [6.45, 7) is 0. The number of carbonyl (C=O) groups is 2. The van der Waals surface area contributed by atoms with Crippen molar-refractivity contribution in [3.8, 4) is 0 Å². The van der Waals surface area contributed by atoms with Gasteiger partial charge in [0.2, 0.25) is 11.6 Å². The smallest absolute Gasteiger partial charge is 0.230 e. The molecule has 0 unspecified atom stereocenters. The van der Waals surface area contributed by atoms with Crippen LogP contribution in [0.5, 0.6) is 0 Å². The Bertz CT molecular complexity index is 320. The lowest BCUT2D eigenvalue weighted by Crippen LogP contribution is -2.19. The summed E-state index contributed by atoms with van der Waals surface area (Å²) < 4.78 is -0.604. The molecule has 0 spiro atoms. The highest BCUT2D eigenvalue weighted by molar-refractivity contribution is 9.25. The molecule has 1 aromatic carbocycles. The quantitative estimate of drug-likeness (QED) is 0.488. The van der Waals surface area contributed by atoms with Crippen molar-refractivity contribution in [2.75, 3.05) is 0 Å². The van der Waals surface area contributed by atoms with Crippen molar-refractivity contribution in [3.63, 3.8) is 0 Å². The molecule has 4 heteroatoms. The van der Waals surface area contributed by atoms with Gasteiger partial charge >= 0.3 is 0 Å². The fraction of sp³-hybridized carbons (Fsp3) is 0.111. The minimum absolute atomic E-state index is 0.413. The zero-order valence-electron chi connectivity index (χ0n) is 6.54. The van der Waals surface area contributed by atoms with E-state index in [9.17, 15) is 9.59 Å². The highest BCUT2D eigenvalue weighted by Crippen LogP contribution is 2.12. The van der Waals surface area contributed by atoms with Gasteiger partial charge in [-0.25, -0.2) is 0 Å². The maximum absolute atomic E-state index is 11.4. The number of hydrogen-bond acceptors (Lipinski definition) is 2. The van der Waals surface area contributed by atoms with Crippen molar-refractivity contribution < 1.29 is 9.59 Å². The van der Waals surface area contributed by atoms with Crippen LogP contribution in [0, 0.1) is 0 Å². The average molecular weight is 306 g/mol. The molecular weight excluding hydrogens is 300 g/mol. The van der Waals surface area contributed by atoms with E-state index in [0.717, 1.165) is 0 Å². The van der Waals surface area contributed by atoms with E-state index in [1.165, 1.54) is 0 Å². The molecule has 2 nitrogen and oxygen atoms in total. The van der Waals surface area contributed by atoms with Crippen LogP contribution < -0.4 is 0 Å². The molecule has 0 amide bonds. The van der Waals surface area contributed by atoms with Crippen LogP contribution in [0.25, 0.3) is 0 Å². The molecular formula is C9H6Br2O2. The zero-order valence-corrected chi connectivity index (χ0v) is 9.71. The zero-order chi connectivity index (χ0) is 9.84. The van der Waals surface area contributed by atoms with Crippen molar-refractivity contribution in [2.45, 2.75) is 3.74 Å². The molecule has 13 heavy (non-hydrogen) atoms. The Balaban J connectivity index is 2.87. The second-order valence-corrected chi connectivity index (χ2v) is 5.42. The summed E-state index contributed by atoms with van der Waals surface area (Å²) in [5, 5.41) is 0. The molecule has 0 heterocycles. The number of Topliss-reactive ketones (excluding diaryl/α,β-unsaturated/α-hetero) is 2. The molecule has 0 aromatic heterocycles. The Hall–Kier alpha value is -0.480. The van der Waals surface area contributed by atoms with E-state index in [0.29, 0.717) is 5.56 Å². The minimum atomic E-state index is -0.604.